The predicted molar refractivity (Wildman–Crippen MR) is 148 cm³/mol. The van der Waals surface area contributed by atoms with E-state index in [-0.39, 0.29) is 0 Å². The number of aliphatic hydroxyl groups excluding tert-OH is 7. The van der Waals surface area contributed by atoms with E-state index in [1.54, 1.807) is 37.3 Å². The van der Waals surface area contributed by atoms with Crippen molar-refractivity contribution in [3.05, 3.63) is 66.0 Å². The van der Waals surface area contributed by atoms with E-state index in [1.807, 2.05) is 18.2 Å². The Kier molecular flexibility index (Phi) is 10.5. The number of carbonyl (C=O) groups is 1. The lowest BCUT2D eigenvalue weighted by Gasteiger charge is -2.43. The Balaban J connectivity index is 1.22. The highest BCUT2D eigenvalue weighted by atomic mass is 16.8. The molecular formula is C30H38O14. The van der Waals surface area contributed by atoms with Gasteiger partial charge in [-0.3, -0.25) is 0 Å². The lowest BCUT2D eigenvalue weighted by atomic mass is 9.88. The number of rotatable bonds is 9. The Morgan fingerprint density at radius 3 is 2.30 bits per heavy atom. The third-order valence-electron chi connectivity index (χ3n) is 8.24. The van der Waals surface area contributed by atoms with Crippen molar-refractivity contribution in [1.82, 2.24) is 0 Å². The fourth-order valence-electron chi connectivity index (χ4n) is 5.82. The summed E-state index contributed by atoms with van der Waals surface area (Å²) >= 11 is 0. The minimum Gasteiger partial charge on any atom is -0.472 e. The average Bonchev–Trinajstić information content (AvgIpc) is 3.39. The molecule has 0 aromatic heterocycles. The molecule has 2 saturated heterocycles. The first-order valence-electron chi connectivity index (χ1n) is 14.3. The summed E-state index contributed by atoms with van der Waals surface area (Å²) in [5, 5.41) is 71.9. The van der Waals surface area contributed by atoms with Crippen molar-refractivity contribution in [2.24, 2.45) is 11.8 Å². The van der Waals surface area contributed by atoms with Gasteiger partial charge in [-0.2, -0.15) is 0 Å². The molecule has 14 nitrogen and oxygen atoms in total. The van der Waals surface area contributed by atoms with E-state index in [0.29, 0.717) is 5.57 Å². The van der Waals surface area contributed by atoms with Crippen LogP contribution in [0.5, 0.6) is 0 Å². The van der Waals surface area contributed by atoms with Crippen molar-refractivity contribution < 1.29 is 69.0 Å². The zero-order valence-corrected chi connectivity index (χ0v) is 23.8. The van der Waals surface area contributed by atoms with Crippen LogP contribution in [0.2, 0.25) is 0 Å². The number of esters is 1. The Hall–Kier alpha value is -2.73. The molecule has 1 aromatic carbocycles. The number of carbonyl (C=O) groups excluding carboxylic acids is 1. The standard InChI is InChI=1S/C30H38O14/c1-14-27(43-20(33)8-7-15-5-3-2-4-6-15)24(36)26(38)29(40-14)41-18-11-16(12-31)21-17(18)9-10-39-28(21)44-30-25(37)23(35)22(34)19(13-32)42-30/h2-11,14,17-19,21-32,34-38H,12-13H2,1H3/b8-7+/t14-,17?,18?,19+,21?,22+,23-,24-,25+,26+,27-,28?,29-,30-/m0/s1. The van der Waals surface area contributed by atoms with Gasteiger partial charge in [0.2, 0.25) is 6.29 Å². The Labute approximate surface area is 253 Å². The van der Waals surface area contributed by atoms with Gasteiger partial charge in [-0.15, -0.1) is 0 Å². The SMILES string of the molecule is C[C@@H]1O[C@@H](OC2C=C(CO)C3C(O[C@@H]4O[C@H](CO)[C@@H](O)[C@H](O)[C@H]4O)OC=CC23)[C@H](O)[C@H](O)[C@H]1OC(=O)/C=C/c1ccccc1. The largest absolute Gasteiger partial charge is 0.472 e. The zero-order valence-electron chi connectivity index (χ0n) is 23.8. The van der Waals surface area contributed by atoms with E-state index in [1.165, 1.54) is 12.3 Å². The quantitative estimate of drug-likeness (QED) is 0.0931. The molecule has 0 saturated carbocycles. The average molecular weight is 623 g/mol. The zero-order chi connectivity index (χ0) is 31.5. The Morgan fingerprint density at radius 2 is 1.59 bits per heavy atom. The van der Waals surface area contributed by atoms with Crippen molar-refractivity contribution >= 4 is 12.0 Å². The molecule has 5 rings (SSSR count). The number of ether oxygens (including phenoxy) is 6. The molecule has 1 aromatic rings. The highest BCUT2D eigenvalue weighted by molar-refractivity contribution is 5.87. The fraction of sp³-hybridized carbons (Fsp3) is 0.567. The maximum absolute atomic E-state index is 12.4. The first kappa shape index (κ1) is 32.7. The molecule has 3 aliphatic heterocycles. The first-order valence-corrected chi connectivity index (χ1v) is 14.3. The smallest absolute Gasteiger partial charge is 0.331 e. The first-order chi connectivity index (χ1) is 21.1. The molecule has 4 unspecified atom stereocenters. The van der Waals surface area contributed by atoms with Crippen LogP contribution in [0.4, 0.5) is 0 Å². The van der Waals surface area contributed by atoms with Crippen LogP contribution in [-0.2, 0) is 33.2 Å². The van der Waals surface area contributed by atoms with Gasteiger partial charge in [-0.05, 0) is 30.2 Å². The van der Waals surface area contributed by atoms with E-state index >= 15 is 0 Å². The summed E-state index contributed by atoms with van der Waals surface area (Å²) in [4.78, 5) is 12.4. The van der Waals surface area contributed by atoms with E-state index < -0.39 is 105 Å². The van der Waals surface area contributed by atoms with Gasteiger partial charge in [0.1, 0.15) is 36.6 Å². The molecule has 0 radical (unpaired) electrons. The summed E-state index contributed by atoms with van der Waals surface area (Å²) in [5.74, 6) is -1.93. The second kappa shape index (κ2) is 14.1. The van der Waals surface area contributed by atoms with Crippen molar-refractivity contribution in [1.29, 1.82) is 0 Å². The summed E-state index contributed by atoms with van der Waals surface area (Å²) in [6.07, 6.45) is -8.68. The molecule has 3 heterocycles. The van der Waals surface area contributed by atoms with Crippen LogP contribution >= 0.6 is 0 Å². The Morgan fingerprint density at radius 1 is 0.886 bits per heavy atom. The van der Waals surface area contributed by atoms with E-state index in [9.17, 15) is 40.5 Å². The van der Waals surface area contributed by atoms with Gasteiger partial charge >= 0.3 is 5.97 Å². The van der Waals surface area contributed by atoms with Crippen LogP contribution < -0.4 is 0 Å². The van der Waals surface area contributed by atoms with Gasteiger partial charge in [0.15, 0.2) is 18.7 Å². The van der Waals surface area contributed by atoms with E-state index in [0.717, 1.165) is 5.56 Å². The van der Waals surface area contributed by atoms with Crippen LogP contribution in [-0.4, -0.2) is 129 Å². The second-order valence-electron chi connectivity index (χ2n) is 11.1. The molecule has 2 fully saturated rings. The van der Waals surface area contributed by atoms with Crippen molar-refractivity contribution in [3.63, 3.8) is 0 Å². The lowest BCUT2D eigenvalue weighted by molar-refractivity contribution is -0.341. The Bertz CT molecular complexity index is 1200. The number of hydrogen-bond donors (Lipinski definition) is 7. The maximum atomic E-state index is 12.4. The molecule has 0 bridgehead atoms. The lowest BCUT2D eigenvalue weighted by Crippen LogP contribution is -2.60. The normalized spacial score (nSPS) is 42.0. The molecule has 44 heavy (non-hydrogen) atoms. The molecule has 0 spiro atoms. The van der Waals surface area contributed by atoms with Crippen molar-refractivity contribution in [3.8, 4) is 0 Å². The number of hydrogen-bond acceptors (Lipinski definition) is 14. The molecule has 14 atom stereocenters. The molecule has 14 heteroatoms. The molecule has 242 valence electrons. The maximum Gasteiger partial charge on any atom is 0.331 e. The molecule has 0 amide bonds. The van der Waals surface area contributed by atoms with Crippen LogP contribution in [0.15, 0.2) is 60.4 Å². The highest BCUT2D eigenvalue weighted by Crippen LogP contribution is 2.43. The molecular weight excluding hydrogens is 584 g/mol. The van der Waals surface area contributed by atoms with E-state index in [2.05, 4.69) is 0 Å². The summed E-state index contributed by atoms with van der Waals surface area (Å²) < 4.78 is 34.2. The van der Waals surface area contributed by atoms with E-state index in [4.69, 9.17) is 28.4 Å². The summed E-state index contributed by atoms with van der Waals surface area (Å²) in [7, 11) is 0. The molecule has 4 aliphatic rings. The second-order valence-corrected chi connectivity index (χ2v) is 11.1. The third-order valence-corrected chi connectivity index (χ3v) is 8.24. The topological polar surface area (TPSA) is 214 Å². The summed E-state index contributed by atoms with van der Waals surface area (Å²) in [5.41, 5.74) is 1.22. The molecule has 1 aliphatic carbocycles. The monoisotopic (exact) mass is 622 g/mol. The minimum absolute atomic E-state index is 0.422. The van der Waals surface area contributed by atoms with Gasteiger partial charge < -0.3 is 64.2 Å². The minimum atomic E-state index is -1.67. The van der Waals surface area contributed by atoms with Crippen LogP contribution in [0, 0.1) is 11.8 Å². The summed E-state index contributed by atoms with van der Waals surface area (Å²) in [6, 6.07) is 9.08. The van der Waals surface area contributed by atoms with Gasteiger partial charge in [0, 0.05) is 12.0 Å². The summed E-state index contributed by atoms with van der Waals surface area (Å²) in [6.45, 7) is 0.502. The van der Waals surface area contributed by atoms with Crippen molar-refractivity contribution in [2.75, 3.05) is 13.2 Å². The number of benzene rings is 1. The predicted octanol–water partition coefficient (Wildman–Crippen LogP) is -1.69. The highest BCUT2D eigenvalue weighted by Gasteiger charge is 2.52. The van der Waals surface area contributed by atoms with Gasteiger partial charge in [0.05, 0.1) is 37.6 Å². The van der Waals surface area contributed by atoms with Gasteiger partial charge in [-0.25, -0.2) is 4.79 Å². The van der Waals surface area contributed by atoms with Crippen LogP contribution in [0.25, 0.3) is 6.08 Å². The van der Waals surface area contributed by atoms with Gasteiger partial charge in [-0.1, -0.05) is 36.4 Å². The fourth-order valence-corrected chi connectivity index (χ4v) is 5.82. The molecule has 7 N–H and O–H groups in total. The van der Waals surface area contributed by atoms with Crippen LogP contribution in [0.3, 0.4) is 0 Å². The van der Waals surface area contributed by atoms with Gasteiger partial charge in [0.25, 0.3) is 0 Å². The third kappa shape index (κ3) is 6.76. The number of fused-ring (bicyclic) bond motifs is 1. The van der Waals surface area contributed by atoms with Crippen LogP contribution in [0.1, 0.15) is 12.5 Å². The van der Waals surface area contributed by atoms with Crippen molar-refractivity contribution in [2.45, 2.75) is 80.7 Å². The number of aliphatic hydroxyl groups is 7.